The molecule has 1 heteroatoms. The molecule has 1 nitrogen and oxygen atoms in total. The van der Waals surface area contributed by atoms with Crippen molar-refractivity contribution in [2.75, 3.05) is 4.90 Å². The molecule has 200 valence electrons. The van der Waals surface area contributed by atoms with Gasteiger partial charge in [-0.1, -0.05) is 134 Å². The standard InChI is InChI=1S/C41H31N/c1-29-9-3-8-14-41(29)42(40-25-23-35(24-26-40)39-22-20-33-11-5-7-13-37(33)28-39)30(2)31-15-17-34(18-16-31)38-21-19-32-10-4-6-12-36(32)27-38/h3-28H,2H2,1H3. The Bertz CT molecular complexity index is 2050. The molecule has 0 spiro atoms. The Morgan fingerprint density at radius 3 is 1.45 bits per heavy atom. The van der Waals surface area contributed by atoms with E-state index in [0.717, 1.165) is 22.6 Å². The van der Waals surface area contributed by atoms with Crippen molar-refractivity contribution >= 4 is 38.6 Å². The zero-order valence-electron chi connectivity index (χ0n) is 23.7. The van der Waals surface area contributed by atoms with Crippen LogP contribution < -0.4 is 4.90 Å². The van der Waals surface area contributed by atoms with Gasteiger partial charge < -0.3 is 4.90 Å². The second kappa shape index (κ2) is 10.9. The molecule has 0 radical (unpaired) electrons. The highest BCUT2D eigenvalue weighted by atomic mass is 15.1. The lowest BCUT2D eigenvalue weighted by Gasteiger charge is -2.29. The Hall–Kier alpha value is -5.40. The normalized spacial score (nSPS) is 11.1. The molecular formula is C41H31N. The van der Waals surface area contributed by atoms with Gasteiger partial charge in [0.1, 0.15) is 0 Å². The molecule has 0 aliphatic heterocycles. The minimum atomic E-state index is 0.938. The molecule has 7 aromatic rings. The Balaban J connectivity index is 1.22. The zero-order chi connectivity index (χ0) is 28.5. The zero-order valence-corrected chi connectivity index (χ0v) is 23.7. The van der Waals surface area contributed by atoms with E-state index in [1.54, 1.807) is 0 Å². The molecule has 0 N–H and O–H groups in total. The second-order valence-electron chi connectivity index (χ2n) is 10.8. The number of nitrogens with zero attached hydrogens (tertiary/aromatic N) is 1. The van der Waals surface area contributed by atoms with Gasteiger partial charge in [-0.2, -0.15) is 0 Å². The van der Waals surface area contributed by atoms with E-state index in [-0.39, 0.29) is 0 Å². The van der Waals surface area contributed by atoms with Crippen LogP contribution in [0.5, 0.6) is 0 Å². The predicted octanol–water partition coefficient (Wildman–Crippen LogP) is 11.4. The Kier molecular flexibility index (Phi) is 6.62. The maximum atomic E-state index is 4.60. The smallest absolute Gasteiger partial charge is 0.0490 e. The third-order valence-electron chi connectivity index (χ3n) is 8.14. The van der Waals surface area contributed by atoms with E-state index in [4.69, 9.17) is 0 Å². The number of hydrogen-bond acceptors (Lipinski definition) is 1. The van der Waals surface area contributed by atoms with Crippen molar-refractivity contribution in [2.24, 2.45) is 0 Å². The summed E-state index contributed by atoms with van der Waals surface area (Å²) in [5.74, 6) is 0. The van der Waals surface area contributed by atoms with E-state index in [0.29, 0.717) is 0 Å². The van der Waals surface area contributed by atoms with E-state index in [2.05, 4.69) is 176 Å². The monoisotopic (exact) mass is 537 g/mol. The molecule has 0 heterocycles. The minimum absolute atomic E-state index is 0.938. The number of fused-ring (bicyclic) bond motifs is 2. The predicted molar refractivity (Wildman–Crippen MR) is 181 cm³/mol. The summed E-state index contributed by atoms with van der Waals surface area (Å²) in [6.07, 6.45) is 0. The molecule has 7 aromatic carbocycles. The van der Waals surface area contributed by atoms with Gasteiger partial charge in [0.2, 0.25) is 0 Å². The van der Waals surface area contributed by atoms with E-state index in [9.17, 15) is 0 Å². The molecule has 0 unspecified atom stereocenters. The van der Waals surface area contributed by atoms with Gasteiger partial charge in [0.15, 0.2) is 0 Å². The number of benzene rings is 7. The van der Waals surface area contributed by atoms with Crippen LogP contribution in [0.4, 0.5) is 11.4 Å². The first kappa shape index (κ1) is 25.6. The van der Waals surface area contributed by atoms with Gasteiger partial charge in [0.05, 0.1) is 0 Å². The molecular weight excluding hydrogens is 506 g/mol. The van der Waals surface area contributed by atoms with Gasteiger partial charge in [-0.25, -0.2) is 0 Å². The number of hydrogen-bond donors (Lipinski definition) is 0. The SMILES string of the molecule is C=C(c1ccc(-c2ccc3ccccc3c2)cc1)N(c1ccc(-c2ccc3ccccc3c2)cc1)c1ccccc1C. The molecule has 0 atom stereocenters. The average Bonchev–Trinajstić information content (AvgIpc) is 3.05. The first-order chi connectivity index (χ1) is 20.6. The first-order valence-corrected chi connectivity index (χ1v) is 14.4. The second-order valence-corrected chi connectivity index (χ2v) is 10.8. The molecule has 0 amide bonds. The van der Waals surface area contributed by atoms with Crippen LogP contribution >= 0.6 is 0 Å². The summed E-state index contributed by atoms with van der Waals surface area (Å²) >= 11 is 0. The summed E-state index contributed by atoms with van der Waals surface area (Å²) in [6, 6.07) is 56.4. The lowest BCUT2D eigenvalue weighted by Crippen LogP contribution is -2.15. The minimum Gasteiger partial charge on any atom is -0.310 e. The van der Waals surface area contributed by atoms with E-state index >= 15 is 0 Å². The van der Waals surface area contributed by atoms with Gasteiger partial charge in [-0.15, -0.1) is 0 Å². The number of rotatable bonds is 6. The fraction of sp³-hybridized carbons (Fsp3) is 0.0244. The Morgan fingerprint density at radius 1 is 0.452 bits per heavy atom. The largest absolute Gasteiger partial charge is 0.310 e. The van der Waals surface area contributed by atoms with Gasteiger partial charge in [-0.3, -0.25) is 0 Å². The van der Waals surface area contributed by atoms with Crippen molar-refractivity contribution in [1.29, 1.82) is 0 Å². The molecule has 42 heavy (non-hydrogen) atoms. The molecule has 0 bridgehead atoms. The van der Waals surface area contributed by atoms with Crippen molar-refractivity contribution < 1.29 is 0 Å². The van der Waals surface area contributed by atoms with Crippen LogP contribution in [0.1, 0.15) is 11.1 Å². The number of anilines is 2. The van der Waals surface area contributed by atoms with Crippen LogP contribution in [0, 0.1) is 6.92 Å². The van der Waals surface area contributed by atoms with Crippen molar-refractivity contribution in [3.8, 4) is 22.3 Å². The van der Waals surface area contributed by atoms with Crippen molar-refractivity contribution in [1.82, 2.24) is 0 Å². The molecule has 0 aliphatic rings. The Morgan fingerprint density at radius 2 is 0.905 bits per heavy atom. The molecule has 0 fully saturated rings. The van der Waals surface area contributed by atoms with Crippen LogP contribution in [0.25, 0.3) is 49.5 Å². The van der Waals surface area contributed by atoms with Gasteiger partial charge in [0, 0.05) is 17.1 Å². The van der Waals surface area contributed by atoms with Gasteiger partial charge >= 0.3 is 0 Å². The topological polar surface area (TPSA) is 3.24 Å². The number of aryl methyl sites for hydroxylation is 1. The molecule has 0 aliphatic carbocycles. The molecule has 0 saturated heterocycles. The van der Waals surface area contributed by atoms with Crippen LogP contribution in [0.3, 0.4) is 0 Å². The van der Waals surface area contributed by atoms with Gasteiger partial charge in [-0.05, 0) is 92.2 Å². The van der Waals surface area contributed by atoms with E-state index in [1.807, 2.05) is 0 Å². The highest BCUT2D eigenvalue weighted by molar-refractivity contribution is 5.91. The third-order valence-corrected chi connectivity index (χ3v) is 8.14. The van der Waals surface area contributed by atoms with Crippen LogP contribution in [0.2, 0.25) is 0 Å². The summed E-state index contributed by atoms with van der Waals surface area (Å²) in [4.78, 5) is 2.27. The lowest BCUT2D eigenvalue weighted by molar-refractivity contribution is 1.26. The number of para-hydroxylation sites is 1. The summed E-state index contributed by atoms with van der Waals surface area (Å²) in [5, 5.41) is 5.01. The molecule has 0 saturated carbocycles. The van der Waals surface area contributed by atoms with Crippen LogP contribution in [-0.2, 0) is 0 Å². The quantitative estimate of drug-likeness (QED) is 0.204. The Labute approximate surface area is 247 Å². The summed E-state index contributed by atoms with van der Waals surface area (Å²) in [7, 11) is 0. The summed E-state index contributed by atoms with van der Waals surface area (Å²) in [5.41, 5.74) is 10.2. The van der Waals surface area contributed by atoms with Crippen molar-refractivity contribution in [3.05, 3.63) is 175 Å². The molecule has 7 rings (SSSR count). The summed E-state index contributed by atoms with van der Waals surface area (Å²) in [6.45, 7) is 6.76. The van der Waals surface area contributed by atoms with Crippen molar-refractivity contribution in [2.45, 2.75) is 6.92 Å². The van der Waals surface area contributed by atoms with Gasteiger partial charge in [0.25, 0.3) is 0 Å². The highest BCUT2D eigenvalue weighted by Crippen LogP contribution is 2.37. The maximum absolute atomic E-state index is 4.60. The third kappa shape index (κ3) is 4.87. The van der Waals surface area contributed by atoms with Crippen LogP contribution in [0.15, 0.2) is 164 Å². The fourth-order valence-corrected chi connectivity index (χ4v) is 5.78. The fourth-order valence-electron chi connectivity index (χ4n) is 5.78. The van der Waals surface area contributed by atoms with E-state index in [1.165, 1.54) is 49.4 Å². The lowest BCUT2D eigenvalue weighted by atomic mass is 9.99. The van der Waals surface area contributed by atoms with E-state index < -0.39 is 0 Å². The average molecular weight is 538 g/mol. The highest BCUT2D eigenvalue weighted by Gasteiger charge is 2.17. The molecule has 0 aromatic heterocycles. The maximum Gasteiger partial charge on any atom is 0.0490 e. The first-order valence-electron chi connectivity index (χ1n) is 14.4. The summed E-state index contributed by atoms with van der Waals surface area (Å²) < 4.78 is 0. The van der Waals surface area contributed by atoms with Crippen LogP contribution in [-0.4, -0.2) is 0 Å². The van der Waals surface area contributed by atoms with Crippen molar-refractivity contribution in [3.63, 3.8) is 0 Å².